The van der Waals surface area contributed by atoms with E-state index < -0.39 is 9.84 Å². The summed E-state index contributed by atoms with van der Waals surface area (Å²) in [7, 11) is -2.92. The molecule has 3 nitrogen and oxygen atoms in total. The van der Waals surface area contributed by atoms with Crippen molar-refractivity contribution >= 4 is 21.2 Å². The van der Waals surface area contributed by atoms with Crippen molar-refractivity contribution < 1.29 is 8.42 Å². The van der Waals surface area contributed by atoms with Gasteiger partial charge in [-0.05, 0) is 44.2 Å². The van der Waals surface area contributed by atoms with E-state index in [1.807, 2.05) is 0 Å². The van der Waals surface area contributed by atoms with Crippen molar-refractivity contribution in [1.82, 2.24) is 0 Å². The fraction of sp³-hybridized carbons (Fsp3) is 0.692. The van der Waals surface area contributed by atoms with Gasteiger partial charge in [-0.1, -0.05) is 6.42 Å². The lowest BCUT2D eigenvalue weighted by molar-refractivity contribution is 0.311. The minimum absolute atomic E-state index is 0.00625. The third-order valence-corrected chi connectivity index (χ3v) is 6.61. The number of hydrogen-bond acceptors (Lipinski definition) is 4. The zero-order chi connectivity index (χ0) is 13.3. The number of hydrogen-bond donors (Lipinski definition) is 1. The van der Waals surface area contributed by atoms with E-state index in [0.717, 1.165) is 25.7 Å². The molecule has 18 heavy (non-hydrogen) atoms. The van der Waals surface area contributed by atoms with E-state index in [9.17, 15) is 8.42 Å². The fourth-order valence-corrected chi connectivity index (χ4v) is 4.93. The Morgan fingerprint density at radius 1 is 1.39 bits per heavy atom. The first-order valence-electron chi connectivity index (χ1n) is 6.38. The number of sulfone groups is 1. The summed E-state index contributed by atoms with van der Waals surface area (Å²) in [5, 5.41) is -0.191. The summed E-state index contributed by atoms with van der Waals surface area (Å²) in [6.45, 7) is 2.07. The van der Waals surface area contributed by atoms with E-state index in [0.29, 0.717) is 5.92 Å². The molecular weight excluding hydrogens is 266 g/mol. The molecule has 1 aromatic rings. The molecule has 0 spiro atoms. The lowest BCUT2D eigenvalue weighted by Crippen LogP contribution is -2.32. The highest BCUT2D eigenvalue weighted by Crippen LogP contribution is 2.37. The third-order valence-electron chi connectivity index (χ3n) is 3.87. The van der Waals surface area contributed by atoms with Crippen molar-refractivity contribution in [3.05, 3.63) is 21.9 Å². The van der Waals surface area contributed by atoms with Crippen LogP contribution in [-0.4, -0.2) is 19.9 Å². The van der Waals surface area contributed by atoms with E-state index in [-0.39, 0.29) is 11.3 Å². The predicted molar refractivity (Wildman–Crippen MR) is 76.6 cm³/mol. The van der Waals surface area contributed by atoms with Gasteiger partial charge in [0.05, 0.1) is 5.25 Å². The Morgan fingerprint density at radius 3 is 2.67 bits per heavy atom. The van der Waals surface area contributed by atoms with E-state index >= 15 is 0 Å². The lowest BCUT2D eigenvalue weighted by Gasteiger charge is -2.31. The van der Waals surface area contributed by atoms with Crippen molar-refractivity contribution in [2.24, 2.45) is 11.7 Å². The normalized spacial score (nSPS) is 27.1. The number of rotatable bonds is 3. The largest absolute Gasteiger partial charge is 0.323 e. The van der Waals surface area contributed by atoms with Gasteiger partial charge in [0.15, 0.2) is 0 Å². The summed E-state index contributed by atoms with van der Waals surface area (Å²) in [4.78, 5) is 2.45. The van der Waals surface area contributed by atoms with Gasteiger partial charge in [0.1, 0.15) is 9.84 Å². The van der Waals surface area contributed by atoms with Gasteiger partial charge in [0, 0.05) is 22.1 Å². The van der Waals surface area contributed by atoms with Crippen LogP contribution in [0.2, 0.25) is 0 Å². The second-order valence-electron chi connectivity index (χ2n) is 5.35. The molecule has 5 heteroatoms. The Morgan fingerprint density at radius 2 is 2.11 bits per heavy atom. The first-order chi connectivity index (χ1) is 8.38. The van der Waals surface area contributed by atoms with Crippen LogP contribution in [0.15, 0.2) is 12.1 Å². The van der Waals surface area contributed by atoms with E-state index in [1.165, 1.54) is 16.0 Å². The molecule has 0 saturated heterocycles. The van der Waals surface area contributed by atoms with Crippen LogP contribution in [0.4, 0.5) is 0 Å². The average molecular weight is 287 g/mol. The summed E-state index contributed by atoms with van der Waals surface area (Å²) in [6.07, 6.45) is 4.88. The monoisotopic (exact) mass is 287 g/mol. The lowest BCUT2D eigenvalue weighted by atomic mass is 9.83. The Hall–Kier alpha value is -0.390. The SMILES string of the molecule is Cc1ccc(C(N)C2CCCC(S(C)(=O)=O)C2)s1. The molecule has 1 aliphatic rings. The molecule has 0 bridgehead atoms. The second-order valence-corrected chi connectivity index (χ2v) is 9.00. The molecule has 1 saturated carbocycles. The molecule has 1 aliphatic carbocycles. The van der Waals surface area contributed by atoms with E-state index in [2.05, 4.69) is 19.1 Å². The van der Waals surface area contributed by atoms with Crippen LogP contribution in [0.3, 0.4) is 0 Å². The predicted octanol–water partition coefficient (Wildman–Crippen LogP) is 2.66. The maximum atomic E-state index is 11.7. The second kappa shape index (κ2) is 5.31. The molecule has 0 radical (unpaired) electrons. The van der Waals surface area contributed by atoms with E-state index in [4.69, 9.17) is 5.73 Å². The number of nitrogens with two attached hydrogens (primary N) is 1. The molecule has 2 rings (SSSR count). The minimum Gasteiger partial charge on any atom is -0.323 e. The van der Waals surface area contributed by atoms with Crippen LogP contribution in [0.1, 0.15) is 41.5 Å². The van der Waals surface area contributed by atoms with Crippen LogP contribution < -0.4 is 5.73 Å². The maximum Gasteiger partial charge on any atom is 0.150 e. The highest BCUT2D eigenvalue weighted by molar-refractivity contribution is 7.91. The third kappa shape index (κ3) is 3.13. The quantitative estimate of drug-likeness (QED) is 0.929. The Kier molecular flexibility index (Phi) is 4.14. The molecule has 1 heterocycles. The van der Waals surface area contributed by atoms with Crippen LogP contribution in [0.25, 0.3) is 0 Å². The highest BCUT2D eigenvalue weighted by atomic mass is 32.2. The van der Waals surface area contributed by atoms with Crippen molar-refractivity contribution in [3.8, 4) is 0 Å². The van der Waals surface area contributed by atoms with Gasteiger partial charge < -0.3 is 5.73 Å². The van der Waals surface area contributed by atoms with Gasteiger partial charge in [-0.25, -0.2) is 8.42 Å². The summed E-state index contributed by atoms with van der Waals surface area (Å²) >= 11 is 1.72. The summed E-state index contributed by atoms with van der Waals surface area (Å²) in [6, 6.07) is 4.15. The molecule has 0 aliphatic heterocycles. The molecule has 2 N–H and O–H groups in total. The van der Waals surface area contributed by atoms with Crippen LogP contribution >= 0.6 is 11.3 Å². The summed E-state index contributed by atoms with van der Waals surface area (Å²) < 4.78 is 23.3. The Balaban J connectivity index is 2.09. The van der Waals surface area contributed by atoms with Crippen LogP contribution in [0, 0.1) is 12.8 Å². The first kappa shape index (κ1) is 14.0. The van der Waals surface area contributed by atoms with Crippen molar-refractivity contribution in [1.29, 1.82) is 0 Å². The number of thiophene rings is 1. The van der Waals surface area contributed by atoms with Gasteiger partial charge in [0.25, 0.3) is 0 Å². The topological polar surface area (TPSA) is 60.2 Å². The van der Waals surface area contributed by atoms with Gasteiger partial charge in [0.2, 0.25) is 0 Å². The van der Waals surface area contributed by atoms with Gasteiger partial charge in [-0.15, -0.1) is 11.3 Å². The van der Waals surface area contributed by atoms with E-state index in [1.54, 1.807) is 11.3 Å². The molecule has 1 aromatic heterocycles. The number of aryl methyl sites for hydroxylation is 1. The zero-order valence-electron chi connectivity index (χ0n) is 10.9. The fourth-order valence-electron chi connectivity index (χ4n) is 2.76. The molecule has 0 aromatic carbocycles. The molecule has 1 fully saturated rings. The zero-order valence-corrected chi connectivity index (χ0v) is 12.6. The molecule has 3 atom stereocenters. The van der Waals surface area contributed by atoms with Gasteiger partial charge in [-0.3, -0.25) is 0 Å². The smallest absolute Gasteiger partial charge is 0.150 e. The standard InChI is InChI=1S/C13H21NO2S2/c1-9-6-7-12(17-9)13(14)10-4-3-5-11(8-10)18(2,15)16/h6-7,10-11,13H,3-5,8,14H2,1-2H3. The molecule has 3 unspecified atom stereocenters. The Labute approximate surface area is 113 Å². The van der Waals surface area contributed by atoms with Crippen LogP contribution in [0.5, 0.6) is 0 Å². The van der Waals surface area contributed by atoms with Gasteiger partial charge >= 0.3 is 0 Å². The highest BCUT2D eigenvalue weighted by Gasteiger charge is 2.32. The van der Waals surface area contributed by atoms with Crippen LogP contribution in [-0.2, 0) is 9.84 Å². The average Bonchev–Trinajstić information content (AvgIpc) is 2.74. The van der Waals surface area contributed by atoms with Crippen molar-refractivity contribution in [2.75, 3.05) is 6.26 Å². The maximum absolute atomic E-state index is 11.7. The molecule has 0 amide bonds. The minimum atomic E-state index is -2.92. The summed E-state index contributed by atoms with van der Waals surface area (Å²) in [5.74, 6) is 0.302. The first-order valence-corrected chi connectivity index (χ1v) is 9.16. The summed E-state index contributed by atoms with van der Waals surface area (Å²) in [5.41, 5.74) is 6.30. The molecular formula is C13H21NO2S2. The van der Waals surface area contributed by atoms with Crippen molar-refractivity contribution in [3.63, 3.8) is 0 Å². The molecule has 102 valence electrons. The Bertz CT molecular complexity index is 507. The van der Waals surface area contributed by atoms with Gasteiger partial charge in [-0.2, -0.15) is 0 Å². The van der Waals surface area contributed by atoms with Crippen molar-refractivity contribution in [2.45, 2.75) is 43.9 Å².